The average molecular weight is 302 g/mol. The Morgan fingerprint density at radius 3 is 2.45 bits per heavy atom. The summed E-state index contributed by atoms with van der Waals surface area (Å²) < 4.78 is 13.8. The van der Waals surface area contributed by atoms with Crippen LogP contribution in [0.1, 0.15) is 53.9 Å². The van der Waals surface area contributed by atoms with Gasteiger partial charge in [0.2, 0.25) is 0 Å². The molecule has 0 atom stereocenters. The third-order valence-electron chi connectivity index (χ3n) is 4.12. The largest absolute Gasteiger partial charge is 0.299 e. The van der Waals surface area contributed by atoms with E-state index in [2.05, 4.69) is 26.8 Å². The van der Waals surface area contributed by atoms with Gasteiger partial charge in [-0.25, -0.2) is 4.39 Å². The van der Waals surface area contributed by atoms with E-state index < -0.39 is 0 Å². The molecule has 0 N–H and O–H groups in total. The fraction of sp³-hybridized carbons (Fsp3) is 0.450. The van der Waals surface area contributed by atoms with Gasteiger partial charge >= 0.3 is 0 Å². The van der Waals surface area contributed by atoms with Crippen molar-refractivity contribution in [2.75, 3.05) is 0 Å². The van der Waals surface area contributed by atoms with Crippen LogP contribution in [0.2, 0.25) is 0 Å². The van der Waals surface area contributed by atoms with Crippen LogP contribution in [0.15, 0.2) is 58.5 Å². The van der Waals surface area contributed by atoms with Crippen LogP contribution >= 0.6 is 0 Å². The SMILES string of the molecule is CC1=C(/C=C/C(C)=C/C(F)=C/C(C)=C/C=O)C(C)(C)CCC1. The van der Waals surface area contributed by atoms with Gasteiger partial charge in [0.05, 0.1) is 0 Å². The minimum Gasteiger partial charge on any atom is -0.299 e. The highest BCUT2D eigenvalue weighted by atomic mass is 19.1. The molecule has 0 amide bonds. The van der Waals surface area contributed by atoms with E-state index in [0.29, 0.717) is 11.9 Å². The maximum absolute atomic E-state index is 13.8. The van der Waals surface area contributed by atoms with E-state index in [1.807, 2.05) is 13.0 Å². The minimum absolute atomic E-state index is 0.191. The molecule has 1 rings (SSSR count). The smallest absolute Gasteiger partial charge is 0.143 e. The lowest BCUT2D eigenvalue weighted by molar-refractivity contribution is -0.104. The van der Waals surface area contributed by atoms with Crippen LogP contribution in [0.4, 0.5) is 4.39 Å². The maximum atomic E-state index is 13.8. The number of allylic oxidation sites excluding steroid dienone is 10. The first kappa shape index (κ1) is 18.3. The van der Waals surface area contributed by atoms with Crippen LogP contribution in [-0.2, 0) is 4.79 Å². The summed E-state index contributed by atoms with van der Waals surface area (Å²) in [5, 5.41) is 0. The molecule has 0 saturated heterocycles. The molecule has 22 heavy (non-hydrogen) atoms. The fourth-order valence-corrected chi connectivity index (χ4v) is 2.91. The number of aldehydes is 1. The molecule has 1 aliphatic carbocycles. The first-order chi connectivity index (χ1) is 10.3. The highest BCUT2D eigenvalue weighted by Gasteiger charge is 2.26. The monoisotopic (exact) mass is 302 g/mol. The average Bonchev–Trinajstić information content (AvgIpc) is 2.37. The van der Waals surface area contributed by atoms with E-state index in [1.165, 1.54) is 42.2 Å². The number of carbonyl (C=O) groups excluding carboxylic acids is 1. The number of rotatable bonds is 5. The summed E-state index contributed by atoms with van der Waals surface area (Å²) in [6, 6.07) is 0. The van der Waals surface area contributed by atoms with Crippen molar-refractivity contribution < 1.29 is 9.18 Å². The third kappa shape index (κ3) is 5.59. The Labute approximate surface area is 134 Å². The summed E-state index contributed by atoms with van der Waals surface area (Å²) in [6.45, 7) is 10.3. The molecule has 120 valence electrons. The van der Waals surface area contributed by atoms with E-state index in [1.54, 1.807) is 6.92 Å². The first-order valence-corrected chi connectivity index (χ1v) is 7.82. The van der Waals surface area contributed by atoms with E-state index in [9.17, 15) is 9.18 Å². The molecule has 0 fully saturated rings. The van der Waals surface area contributed by atoms with Gasteiger partial charge in [0.15, 0.2) is 0 Å². The van der Waals surface area contributed by atoms with E-state index in [-0.39, 0.29) is 11.2 Å². The molecular weight excluding hydrogens is 275 g/mol. The van der Waals surface area contributed by atoms with Crippen molar-refractivity contribution >= 4 is 6.29 Å². The van der Waals surface area contributed by atoms with Crippen LogP contribution in [0.3, 0.4) is 0 Å². The van der Waals surface area contributed by atoms with Crippen LogP contribution < -0.4 is 0 Å². The zero-order valence-corrected chi connectivity index (χ0v) is 14.4. The zero-order valence-electron chi connectivity index (χ0n) is 14.4. The Morgan fingerprint density at radius 1 is 1.18 bits per heavy atom. The Morgan fingerprint density at radius 2 is 1.86 bits per heavy atom. The molecule has 0 heterocycles. The lowest BCUT2D eigenvalue weighted by atomic mass is 9.72. The van der Waals surface area contributed by atoms with Gasteiger partial charge in [0, 0.05) is 0 Å². The number of hydrogen-bond acceptors (Lipinski definition) is 1. The second kappa shape index (κ2) is 8.07. The molecule has 0 aromatic heterocycles. The van der Waals surface area contributed by atoms with E-state index >= 15 is 0 Å². The Bertz CT molecular complexity index is 569. The molecular formula is C20H27FO. The summed E-state index contributed by atoms with van der Waals surface area (Å²) in [5.74, 6) is -0.341. The molecule has 0 radical (unpaired) electrons. The molecule has 1 nitrogen and oxygen atoms in total. The van der Waals surface area contributed by atoms with Gasteiger partial charge in [-0.3, -0.25) is 4.79 Å². The normalized spacial score (nSPS) is 20.7. The highest BCUT2D eigenvalue weighted by Crippen LogP contribution is 2.40. The maximum Gasteiger partial charge on any atom is 0.143 e. The van der Waals surface area contributed by atoms with E-state index in [0.717, 1.165) is 12.0 Å². The van der Waals surface area contributed by atoms with E-state index in [4.69, 9.17) is 0 Å². The summed E-state index contributed by atoms with van der Waals surface area (Å²) in [5.41, 5.74) is 4.45. The summed E-state index contributed by atoms with van der Waals surface area (Å²) in [7, 11) is 0. The minimum atomic E-state index is -0.341. The van der Waals surface area contributed by atoms with Gasteiger partial charge in [-0.2, -0.15) is 0 Å². The quantitative estimate of drug-likeness (QED) is 0.345. The molecule has 0 aliphatic heterocycles. The van der Waals surface area contributed by atoms with Crippen molar-refractivity contribution in [2.45, 2.75) is 53.9 Å². The highest BCUT2D eigenvalue weighted by molar-refractivity contribution is 5.67. The second-order valence-electron chi connectivity index (χ2n) is 6.73. The Balaban J connectivity index is 2.91. The van der Waals surface area contributed by atoms with Gasteiger partial charge in [0.1, 0.15) is 12.1 Å². The molecule has 1 aliphatic rings. The van der Waals surface area contributed by atoms with Crippen molar-refractivity contribution in [1.29, 1.82) is 0 Å². The summed E-state index contributed by atoms with van der Waals surface area (Å²) in [4.78, 5) is 10.3. The lowest BCUT2D eigenvalue weighted by Crippen LogP contribution is -2.19. The van der Waals surface area contributed by atoms with Crippen molar-refractivity contribution in [3.8, 4) is 0 Å². The third-order valence-corrected chi connectivity index (χ3v) is 4.12. The van der Waals surface area contributed by atoms with Crippen molar-refractivity contribution in [2.24, 2.45) is 5.41 Å². The second-order valence-corrected chi connectivity index (χ2v) is 6.73. The van der Waals surface area contributed by atoms with Crippen LogP contribution in [0, 0.1) is 5.41 Å². The predicted octanol–water partition coefficient (Wildman–Crippen LogP) is 6.01. The molecule has 0 saturated carbocycles. The molecule has 0 spiro atoms. The summed E-state index contributed by atoms with van der Waals surface area (Å²) in [6.07, 6.45) is 12.5. The zero-order chi connectivity index (χ0) is 16.8. The Hall–Kier alpha value is -1.70. The Kier molecular flexibility index (Phi) is 6.73. The first-order valence-electron chi connectivity index (χ1n) is 7.82. The van der Waals surface area contributed by atoms with Gasteiger partial charge in [-0.1, -0.05) is 31.6 Å². The molecule has 0 unspecified atom stereocenters. The van der Waals surface area contributed by atoms with Crippen molar-refractivity contribution in [3.05, 3.63) is 58.5 Å². The topological polar surface area (TPSA) is 17.1 Å². The van der Waals surface area contributed by atoms with Crippen LogP contribution in [0.5, 0.6) is 0 Å². The van der Waals surface area contributed by atoms with Crippen molar-refractivity contribution in [3.63, 3.8) is 0 Å². The van der Waals surface area contributed by atoms with Gasteiger partial charge in [-0.15, -0.1) is 0 Å². The number of carbonyl (C=O) groups is 1. The van der Waals surface area contributed by atoms with Crippen LogP contribution in [-0.4, -0.2) is 6.29 Å². The van der Waals surface area contributed by atoms with Crippen LogP contribution in [0.25, 0.3) is 0 Å². The standard InChI is InChI=1S/C20H27FO/c1-15(13-18(21)14-16(2)10-12-22)8-9-19-17(3)7-6-11-20(19,4)5/h8-10,12-14H,6-7,11H2,1-5H3/b9-8+,15-13+,16-10+,18-14-. The molecule has 0 aromatic carbocycles. The van der Waals surface area contributed by atoms with Gasteiger partial charge < -0.3 is 0 Å². The number of halogens is 1. The van der Waals surface area contributed by atoms with Gasteiger partial charge in [-0.05, 0) is 80.4 Å². The number of hydrogen-bond donors (Lipinski definition) is 0. The van der Waals surface area contributed by atoms with Crippen molar-refractivity contribution in [1.82, 2.24) is 0 Å². The molecule has 0 aromatic rings. The lowest BCUT2D eigenvalue weighted by Gasteiger charge is -2.32. The fourth-order valence-electron chi connectivity index (χ4n) is 2.91. The molecule has 0 bridgehead atoms. The van der Waals surface area contributed by atoms with Gasteiger partial charge in [0.25, 0.3) is 0 Å². The predicted molar refractivity (Wildman–Crippen MR) is 92.2 cm³/mol. The molecule has 2 heteroatoms. The summed E-state index contributed by atoms with van der Waals surface area (Å²) >= 11 is 0.